The standard InChI is InChI=1S/C21H24N4O6S2/c1-5-12(2)24-33(29,30)17-11-14(22-19(26)16-7-6-10-32-16)8-9-15(17)31-20-13(3)18(21(27)28)23-25(20)4/h6-12,24H,5H2,1-4H3,(H,22,26)(H,27,28). The van der Waals surface area contributed by atoms with Crippen molar-refractivity contribution < 1.29 is 27.9 Å². The van der Waals surface area contributed by atoms with Gasteiger partial charge in [-0.3, -0.25) is 4.79 Å². The summed E-state index contributed by atoms with van der Waals surface area (Å²) in [7, 11) is -2.54. The van der Waals surface area contributed by atoms with E-state index in [0.29, 0.717) is 11.3 Å². The lowest BCUT2D eigenvalue weighted by molar-refractivity contribution is 0.0688. The van der Waals surface area contributed by atoms with Crippen molar-refractivity contribution in [3.63, 3.8) is 0 Å². The van der Waals surface area contributed by atoms with Crippen molar-refractivity contribution in [2.24, 2.45) is 7.05 Å². The van der Waals surface area contributed by atoms with Crippen LogP contribution in [0.2, 0.25) is 0 Å². The number of nitrogens with one attached hydrogen (secondary N) is 2. The summed E-state index contributed by atoms with van der Waals surface area (Å²) in [6.07, 6.45) is 0.563. The van der Waals surface area contributed by atoms with Gasteiger partial charge in [-0.25, -0.2) is 22.6 Å². The lowest BCUT2D eigenvalue weighted by atomic mass is 10.2. The number of carboxylic acids is 1. The molecule has 0 saturated carbocycles. The molecule has 0 saturated heterocycles. The minimum Gasteiger partial charge on any atom is -0.476 e. The van der Waals surface area contributed by atoms with Gasteiger partial charge in [-0.1, -0.05) is 13.0 Å². The zero-order valence-electron chi connectivity index (χ0n) is 18.4. The summed E-state index contributed by atoms with van der Waals surface area (Å²) in [5.41, 5.74) is 0.311. The summed E-state index contributed by atoms with van der Waals surface area (Å²) in [6.45, 7) is 5.09. The molecule has 0 bridgehead atoms. The molecule has 0 spiro atoms. The van der Waals surface area contributed by atoms with Gasteiger partial charge in [0, 0.05) is 24.3 Å². The van der Waals surface area contributed by atoms with Gasteiger partial charge in [-0.15, -0.1) is 11.3 Å². The molecule has 0 aliphatic heterocycles. The number of aromatic carboxylic acids is 1. The molecule has 33 heavy (non-hydrogen) atoms. The monoisotopic (exact) mass is 492 g/mol. The first-order valence-electron chi connectivity index (χ1n) is 9.99. The quantitative estimate of drug-likeness (QED) is 0.414. The number of aryl methyl sites for hydroxylation is 1. The molecular weight excluding hydrogens is 468 g/mol. The Balaban J connectivity index is 2.04. The van der Waals surface area contributed by atoms with Gasteiger partial charge < -0.3 is 15.2 Å². The number of anilines is 1. The summed E-state index contributed by atoms with van der Waals surface area (Å²) in [5.74, 6) is -1.55. The molecule has 176 valence electrons. The van der Waals surface area contributed by atoms with E-state index in [1.807, 2.05) is 6.92 Å². The summed E-state index contributed by atoms with van der Waals surface area (Å²) in [6, 6.07) is 7.27. The zero-order valence-corrected chi connectivity index (χ0v) is 20.1. The van der Waals surface area contributed by atoms with Crippen molar-refractivity contribution >= 4 is 38.9 Å². The highest BCUT2D eigenvalue weighted by Gasteiger charge is 2.26. The fraction of sp³-hybridized carbons (Fsp3) is 0.286. The number of aromatic nitrogens is 2. The van der Waals surface area contributed by atoms with Gasteiger partial charge >= 0.3 is 5.97 Å². The van der Waals surface area contributed by atoms with Crippen molar-refractivity contribution in [1.82, 2.24) is 14.5 Å². The number of carbonyl (C=O) groups excluding carboxylic acids is 1. The van der Waals surface area contributed by atoms with Crippen LogP contribution in [0.3, 0.4) is 0 Å². The minimum atomic E-state index is -4.04. The van der Waals surface area contributed by atoms with E-state index in [1.165, 1.54) is 48.2 Å². The smallest absolute Gasteiger partial charge is 0.356 e. The number of ether oxygens (including phenoxy) is 1. The number of rotatable bonds is 9. The number of nitrogens with zero attached hydrogens (tertiary/aromatic N) is 2. The Morgan fingerprint density at radius 1 is 1.30 bits per heavy atom. The topological polar surface area (TPSA) is 140 Å². The summed E-state index contributed by atoms with van der Waals surface area (Å²) in [4.78, 5) is 24.1. The molecule has 1 unspecified atom stereocenters. The molecule has 0 fully saturated rings. The van der Waals surface area contributed by atoms with Gasteiger partial charge in [0.15, 0.2) is 5.69 Å². The van der Waals surface area contributed by atoms with Crippen LogP contribution in [0.25, 0.3) is 0 Å². The Kier molecular flexibility index (Phi) is 7.20. The van der Waals surface area contributed by atoms with E-state index in [9.17, 15) is 23.1 Å². The number of hydrogen-bond donors (Lipinski definition) is 3. The predicted octanol–water partition coefficient (Wildman–Crippen LogP) is 3.61. The highest BCUT2D eigenvalue weighted by Crippen LogP contribution is 2.34. The van der Waals surface area contributed by atoms with Crippen LogP contribution in [0.5, 0.6) is 11.6 Å². The average molecular weight is 493 g/mol. The molecule has 10 nitrogen and oxygen atoms in total. The van der Waals surface area contributed by atoms with Crippen molar-refractivity contribution in [3.8, 4) is 11.6 Å². The number of sulfonamides is 1. The van der Waals surface area contributed by atoms with E-state index >= 15 is 0 Å². The van der Waals surface area contributed by atoms with Gasteiger partial charge in [0.05, 0.1) is 4.88 Å². The van der Waals surface area contributed by atoms with E-state index < -0.39 is 16.0 Å². The largest absolute Gasteiger partial charge is 0.476 e. The molecule has 0 radical (unpaired) electrons. The molecule has 0 aliphatic carbocycles. The van der Waals surface area contributed by atoms with Crippen LogP contribution < -0.4 is 14.8 Å². The van der Waals surface area contributed by atoms with Crippen molar-refractivity contribution in [2.75, 3.05) is 5.32 Å². The van der Waals surface area contributed by atoms with E-state index in [4.69, 9.17) is 4.74 Å². The molecule has 12 heteroatoms. The number of amides is 1. The third-order valence-corrected chi connectivity index (χ3v) is 7.31. The SMILES string of the molecule is CCC(C)NS(=O)(=O)c1cc(NC(=O)c2cccs2)ccc1Oc1c(C)c(C(=O)O)nn1C. The van der Waals surface area contributed by atoms with Crippen LogP contribution in [-0.4, -0.2) is 41.2 Å². The van der Waals surface area contributed by atoms with E-state index in [0.717, 1.165) is 0 Å². The average Bonchev–Trinajstić information content (AvgIpc) is 3.38. The van der Waals surface area contributed by atoms with Crippen molar-refractivity contribution in [1.29, 1.82) is 0 Å². The molecule has 3 rings (SSSR count). The maximum absolute atomic E-state index is 13.1. The Morgan fingerprint density at radius 2 is 2.03 bits per heavy atom. The van der Waals surface area contributed by atoms with Crippen LogP contribution >= 0.6 is 11.3 Å². The number of carbonyl (C=O) groups is 2. The Bertz CT molecular complexity index is 1280. The molecule has 3 N–H and O–H groups in total. The molecular formula is C21H24N4O6S2. The molecule has 0 aliphatic rings. The van der Waals surface area contributed by atoms with Crippen molar-refractivity contribution in [2.45, 2.75) is 38.1 Å². The fourth-order valence-electron chi connectivity index (χ4n) is 2.96. The molecule has 1 aromatic carbocycles. The predicted molar refractivity (Wildman–Crippen MR) is 124 cm³/mol. The van der Waals surface area contributed by atoms with Crippen LogP contribution in [0.15, 0.2) is 40.6 Å². The van der Waals surface area contributed by atoms with Gasteiger partial charge in [0.1, 0.15) is 10.6 Å². The summed E-state index contributed by atoms with van der Waals surface area (Å²) < 4.78 is 35.9. The first-order chi connectivity index (χ1) is 15.5. The molecule has 1 amide bonds. The first kappa shape index (κ1) is 24.4. The lowest BCUT2D eigenvalue weighted by Crippen LogP contribution is -2.32. The summed E-state index contributed by atoms with van der Waals surface area (Å²) >= 11 is 1.26. The first-order valence-corrected chi connectivity index (χ1v) is 12.4. The molecule has 2 aromatic heterocycles. The Morgan fingerprint density at radius 3 is 2.61 bits per heavy atom. The third-order valence-electron chi connectivity index (χ3n) is 4.83. The zero-order chi connectivity index (χ0) is 24.3. The lowest BCUT2D eigenvalue weighted by Gasteiger charge is -2.17. The third kappa shape index (κ3) is 5.41. The second-order valence-corrected chi connectivity index (χ2v) is 9.96. The second kappa shape index (κ2) is 9.73. The molecule has 1 atom stereocenters. The molecule has 2 heterocycles. The van der Waals surface area contributed by atoms with Gasteiger partial charge in [-0.2, -0.15) is 5.10 Å². The van der Waals surface area contributed by atoms with Crippen molar-refractivity contribution in [3.05, 3.63) is 51.8 Å². The molecule has 3 aromatic rings. The summed E-state index contributed by atoms with van der Waals surface area (Å²) in [5, 5.41) is 17.7. The van der Waals surface area contributed by atoms with E-state index in [-0.39, 0.29) is 45.4 Å². The van der Waals surface area contributed by atoms with Crippen LogP contribution in [-0.2, 0) is 17.1 Å². The van der Waals surface area contributed by atoms with Crippen LogP contribution in [0, 0.1) is 6.92 Å². The number of hydrogen-bond acceptors (Lipinski definition) is 7. The maximum atomic E-state index is 13.1. The minimum absolute atomic E-state index is 0.0389. The Labute approximate surface area is 195 Å². The van der Waals surface area contributed by atoms with Gasteiger partial charge in [0.2, 0.25) is 15.9 Å². The second-order valence-electron chi connectivity index (χ2n) is 7.33. The van der Waals surface area contributed by atoms with Crippen LogP contribution in [0.4, 0.5) is 5.69 Å². The highest BCUT2D eigenvalue weighted by molar-refractivity contribution is 7.89. The highest BCUT2D eigenvalue weighted by atomic mass is 32.2. The maximum Gasteiger partial charge on any atom is 0.356 e. The number of benzene rings is 1. The van der Waals surface area contributed by atoms with Gasteiger partial charge in [0.25, 0.3) is 5.91 Å². The van der Waals surface area contributed by atoms with Gasteiger partial charge in [-0.05, 0) is 49.9 Å². The number of carboxylic acid groups (broad SMARTS) is 1. The normalized spacial score (nSPS) is 12.4. The van der Waals surface area contributed by atoms with Crippen LogP contribution in [0.1, 0.15) is 46.0 Å². The van der Waals surface area contributed by atoms with E-state index in [2.05, 4.69) is 15.1 Å². The number of thiophene rings is 1. The fourth-order valence-corrected chi connectivity index (χ4v) is 5.06. The Hall–Kier alpha value is -3.22. The van der Waals surface area contributed by atoms with E-state index in [1.54, 1.807) is 24.4 Å².